The quantitative estimate of drug-likeness (QED) is 0.122. The summed E-state index contributed by atoms with van der Waals surface area (Å²) in [5.41, 5.74) is 3.33. The molecule has 0 spiro atoms. The Bertz CT molecular complexity index is 1450. The van der Waals surface area contributed by atoms with Crippen molar-refractivity contribution in [2.45, 2.75) is 35.4 Å². The summed E-state index contributed by atoms with van der Waals surface area (Å²) in [6, 6.07) is 20.8. The van der Waals surface area contributed by atoms with Gasteiger partial charge in [-0.2, -0.15) is 0 Å². The minimum atomic E-state index is -1.19. The Balaban J connectivity index is 1.14. The predicted octanol–water partition coefficient (Wildman–Crippen LogP) is 5.69. The van der Waals surface area contributed by atoms with Crippen LogP contribution >= 0.6 is 23.2 Å². The molecule has 3 aromatic carbocycles. The van der Waals surface area contributed by atoms with Crippen LogP contribution in [0.25, 0.3) is 0 Å². The highest BCUT2D eigenvalue weighted by molar-refractivity contribution is 6.36. The van der Waals surface area contributed by atoms with Crippen molar-refractivity contribution in [3.63, 3.8) is 0 Å². The molecule has 1 saturated heterocycles. The summed E-state index contributed by atoms with van der Waals surface area (Å²) in [6.07, 6.45) is 1.86. The number of hydrogen-bond acceptors (Lipinski definition) is 5. The number of carbonyl (C=O) groups is 3. The molecule has 4 aliphatic rings. The second-order valence-electron chi connectivity index (χ2n) is 10.5. The molecule has 10 heteroatoms. The molecular formula is C30H25Cl2N3O5. The van der Waals surface area contributed by atoms with E-state index in [-0.39, 0.29) is 36.4 Å². The third kappa shape index (κ3) is 3.77. The van der Waals surface area contributed by atoms with Gasteiger partial charge in [0.25, 0.3) is 5.69 Å². The van der Waals surface area contributed by atoms with Gasteiger partial charge in [0.05, 0.1) is 16.8 Å². The van der Waals surface area contributed by atoms with Gasteiger partial charge in [-0.3, -0.25) is 29.4 Å². The third-order valence-corrected chi connectivity index (χ3v) is 9.59. The van der Waals surface area contributed by atoms with Crippen molar-refractivity contribution in [3.8, 4) is 0 Å². The van der Waals surface area contributed by atoms with Gasteiger partial charge in [0.1, 0.15) is 9.75 Å². The molecule has 3 aliphatic carbocycles. The standard InChI is InChI=1S/C30H25Cl2N3O5/c31-29-20-11-3-4-12-21(20)30(32,23-14-6-5-13-22(23)29)26-25(29)27(37)34(28(26)38)16-7-1-2-15-24(36)33-18-9-8-10-19(17-18)35(39)40/h3-6,8-14,17,25-26H,1-2,7,15-16H2,(H,33,36)/t25-,26-,29?,30?/m0/s1. The number of halogens is 2. The van der Waals surface area contributed by atoms with Crippen LogP contribution in [-0.4, -0.2) is 34.1 Å². The molecule has 3 amide bonds. The summed E-state index contributed by atoms with van der Waals surface area (Å²) >= 11 is 14.8. The maximum Gasteiger partial charge on any atom is 0.271 e. The van der Waals surface area contributed by atoms with Crippen LogP contribution in [0.5, 0.6) is 0 Å². The molecule has 8 nitrogen and oxygen atoms in total. The first-order chi connectivity index (χ1) is 19.2. The number of unbranched alkanes of at least 4 members (excludes halogenated alkanes) is 2. The van der Waals surface area contributed by atoms with Crippen LogP contribution in [0.3, 0.4) is 0 Å². The number of likely N-dealkylation sites (tertiary alicyclic amines) is 1. The van der Waals surface area contributed by atoms with Gasteiger partial charge in [0, 0.05) is 30.8 Å². The Kier molecular flexibility index (Phi) is 6.43. The zero-order chi connectivity index (χ0) is 28.2. The molecule has 0 unspecified atom stereocenters. The van der Waals surface area contributed by atoms with Crippen molar-refractivity contribution >= 4 is 52.3 Å². The van der Waals surface area contributed by atoms with E-state index in [0.29, 0.717) is 24.9 Å². The molecule has 3 aromatic rings. The van der Waals surface area contributed by atoms with Gasteiger partial charge in [-0.05, 0) is 41.2 Å². The molecule has 1 heterocycles. The van der Waals surface area contributed by atoms with E-state index in [1.165, 1.54) is 23.1 Å². The Hall–Kier alpha value is -3.75. The SMILES string of the molecule is O=C(CCCCCN1C(=O)[C@@H]2[C@@H](C1=O)C1(Cl)c3ccccc3C2(Cl)c2ccccc21)Nc1cccc([N+](=O)[O-])c1. The molecule has 1 N–H and O–H groups in total. The third-order valence-electron chi connectivity index (χ3n) is 8.30. The van der Waals surface area contributed by atoms with Gasteiger partial charge in [-0.15, -0.1) is 23.2 Å². The second-order valence-corrected chi connectivity index (χ2v) is 11.7. The Labute approximate surface area is 240 Å². The van der Waals surface area contributed by atoms with E-state index in [9.17, 15) is 24.5 Å². The first kappa shape index (κ1) is 26.5. The molecule has 0 saturated carbocycles. The van der Waals surface area contributed by atoms with Crippen LogP contribution in [0.1, 0.15) is 47.9 Å². The smallest absolute Gasteiger partial charge is 0.271 e. The molecule has 40 heavy (non-hydrogen) atoms. The maximum absolute atomic E-state index is 13.8. The van der Waals surface area contributed by atoms with Crippen LogP contribution < -0.4 is 5.32 Å². The number of nitro benzene ring substituents is 1. The number of nitrogens with one attached hydrogen (secondary N) is 1. The van der Waals surface area contributed by atoms with Gasteiger partial charge in [0.15, 0.2) is 0 Å². The number of imide groups is 1. The summed E-state index contributed by atoms with van der Waals surface area (Å²) in [4.78, 5) is 49.3. The van der Waals surface area contributed by atoms with Crippen molar-refractivity contribution in [3.05, 3.63) is 105 Å². The number of benzene rings is 3. The highest BCUT2D eigenvalue weighted by atomic mass is 35.5. The summed E-state index contributed by atoms with van der Waals surface area (Å²) in [6.45, 7) is 0.212. The topological polar surface area (TPSA) is 110 Å². The largest absolute Gasteiger partial charge is 0.326 e. The number of alkyl halides is 2. The van der Waals surface area contributed by atoms with E-state index >= 15 is 0 Å². The molecule has 204 valence electrons. The molecule has 1 fully saturated rings. The van der Waals surface area contributed by atoms with Crippen LogP contribution in [0, 0.1) is 22.0 Å². The number of hydrogen-bond donors (Lipinski definition) is 1. The average Bonchev–Trinajstić information content (AvgIpc) is 3.22. The van der Waals surface area contributed by atoms with Gasteiger partial charge in [-0.25, -0.2) is 0 Å². The van der Waals surface area contributed by atoms with Crippen LogP contribution in [0.4, 0.5) is 11.4 Å². The molecule has 1 aliphatic heterocycles. The van der Waals surface area contributed by atoms with E-state index in [2.05, 4.69) is 5.32 Å². The van der Waals surface area contributed by atoms with Crippen molar-refractivity contribution in [2.24, 2.45) is 11.8 Å². The normalized spacial score (nSPS) is 25.8. The summed E-state index contributed by atoms with van der Waals surface area (Å²) < 4.78 is 0. The fourth-order valence-electron chi connectivity index (χ4n) is 6.60. The summed E-state index contributed by atoms with van der Waals surface area (Å²) in [5.74, 6) is -2.53. The number of carbonyl (C=O) groups excluding carboxylic acids is 3. The van der Waals surface area contributed by atoms with Gasteiger partial charge >= 0.3 is 0 Å². The monoisotopic (exact) mass is 577 g/mol. The van der Waals surface area contributed by atoms with Gasteiger partial charge in [-0.1, -0.05) is 61.0 Å². The Morgan fingerprint density at radius 1 is 0.825 bits per heavy atom. The molecule has 0 aromatic heterocycles. The number of amides is 3. The summed E-state index contributed by atoms with van der Waals surface area (Å²) in [5, 5.41) is 13.6. The van der Waals surface area contributed by atoms with E-state index in [1.54, 1.807) is 6.07 Å². The minimum absolute atomic E-state index is 0.101. The Morgan fingerprint density at radius 3 is 1.85 bits per heavy atom. The second kappa shape index (κ2) is 9.71. The average molecular weight is 578 g/mol. The lowest BCUT2D eigenvalue weighted by atomic mass is 9.54. The predicted molar refractivity (Wildman–Crippen MR) is 150 cm³/mol. The number of anilines is 1. The van der Waals surface area contributed by atoms with E-state index in [4.69, 9.17) is 23.2 Å². The van der Waals surface area contributed by atoms with Gasteiger partial charge < -0.3 is 5.32 Å². The van der Waals surface area contributed by atoms with Crippen molar-refractivity contribution in [1.29, 1.82) is 0 Å². The van der Waals surface area contributed by atoms with E-state index in [0.717, 1.165) is 22.3 Å². The molecule has 7 rings (SSSR count). The molecule has 2 bridgehead atoms. The zero-order valence-electron chi connectivity index (χ0n) is 21.3. The van der Waals surface area contributed by atoms with Gasteiger partial charge in [0.2, 0.25) is 17.7 Å². The van der Waals surface area contributed by atoms with Crippen molar-refractivity contribution < 1.29 is 19.3 Å². The first-order valence-electron chi connectivity index (χ1n) is 13.2. The zero-order valence-corrected chi connectivity index (χ0v) is 22.8. The Morgan fingerprint density at radius 2 is 1.35 bits per heavy atom. The maximum atomic E-state index is 13.8. The number of rotatable bonds is 8. The lowest BCUT2D eigenvalue weighted by Crippen LogP contribution is -2.57. The highest BCUT2D eigenvalue weighted by Crippen LogP contribution is 2.69. The fourth-order valence-corrected chi connectivity index (χ4v) is 7.70. The number of nitro groups is 1. The van der Waals surface area contributed by atoms with Crippen LogP contribution in [-0.2, 0) is 24.1 Å². The molecular weight excluding hydrogens is 553 g/mol. The summed E-state index contributed by atoms with van der Waals surface area (Å²) in [7, 11) is 0. The lowest BCUT2D eigenvalue weighted by molar-refractivity contribution is -0.384. The number of nitrogens with zero attached hydrogens (tertiary/aromatic N) is 2. The lowest BCUT2D eigenvalue weighted by Gasteiger charge is -2.54. The van der Waals surface area contributed by atoms with E-state index < -0.39 is 26.5 Å². The fraction of sp³-hybridized carbons (Fsp3) is 0.300. The highest BCUT2D eigenvalue weighted by Gasteiger charge is 2.72. The van der Waals surface area contributed by atoms with Crippen molar-refractivity contribution in [2.75, 3.05) is 11.9 Å². The van der Waals surface area contributed by atoms with Crippen LogP contribution in [0.15, 0.2) is 72.8 Å². The molecule has 2 atom stereocenters. The first-order valence-corrected chi connectivity index (χ1v) is 13.9. The van der Waals surface area contributed by atoms with E-state index in [1.807, 2.05) is 48.5 Å². The molecule has 0 radical (unpaired) electrons. The van der Waals surface area contributed by atoms with Crippen LogP contribution in [0.2, 0.25) is 0 Å². The van der Waals surface area contributed by atoms with Crippen molar-refractivity contribution in [1.82, 2.24) is 4.90 Å². The number of non-ortho nitro benzene ring substituents is 1. The minimum Gasteiger partial charge on any atom is -0.326 e.